The second-order valence-electron chi connectivity index (χ2n) is 2.89. The van der Waals surface area contributed by atoms with Gasteiger partial charge in [-0.2, -0.15) is 0 Å². The van der Waals surface area contributed by atoms with E-state index >= 15 is 0 Å². The van der Waals surface area contributed by atoms with Crippen molar-refractivity contribution in [1.82, 2.24) is 0 Å². The second-order valence-corrected chi connectivity index (χ2v) is 2.89. The Labute approximate surface area is 58.0 Å². The summed E-state index contributed by atoms with van der Waals surface area (Å²) in [5, 5.41) is 0. The zero-order chi connectivity index (χ0) is 6.41. The molecule has 0 atom stereocenters. The standard InChI is InChI=1S/C8H18.FH/c1-4-5-6-7-8(2)3;/h8H,4-7H2,1-3H3;1H. The van der Waals surface area contributed by atoms with Gasteiger partial charge in [-0.3, -0.25) is 4.70 Å². The van der Waals surface area contributed by atoms with Crippen molar-refractivity contribution in [2.24, 2.45) is 5.92 Å². The zero-order valence-electron chi connectivity index (χ0n) is 6.81. The van der Waals surface area contributed by atoms with E-state index in [0.717, 1.165) is 5.92 Å². The predicted octanol–water partition coefficient (Wildman–Crippen LogP) is 3.38. The molecule has 0 aromatic heterocycles. The van der Waals surface area contributed by atoms with Gasteiger partial charge in [0.25, 0.3) is 0 Å². The fourth-order valence-electron chi connectivity index (χ4n) is 0.803. The SMILES string of the molecule is CCCCCC(C)C.F. The van der Waals surface area contributed by atoms with Crippen molar-refractivity contribution in [3.05, 3.63) is 0 Å². The van der Waals surface area contributed by atoms with E-state index in [1.807, 2.05) is 0 Å². The van der Waals surface area contributed by atoms with Crippen molar-refractivity contribution in [2.45, 2.75) is 46.5 Å². The third-order valence-electron chi connectivity index (χ3n) is 1.39. The molecule has 0 aromatic carbocycles. The molecule has 0 amide bonds. The van der Waals surface area contributed by atoms with Gasteiger partial charge in [0.05, 0.1) is 0 Å². The van der Waals surface area contributed by atoms with Crippen molar-refractivity contribution in [2.75, 3.05) is 0 Å². The van der Waals surface area contributed by atoms with Crippen LogP contribution in [0.4, 0.5) is 4.70 Å². The summed E-state index contributed by atoms with van der Waals surface area (Å²) in [4.78, 5) is 0. The topological polar surface area (TPSA) is 0 Å². The number of halogens is 1. The van der Waals surface area contributed by atoms with Crippen LogP contribution in [0.3, 0.4) is 0 Å². The molecule has 0 nitrogen and oxygen atoms in total. The molecule has 0 N–H and O–H groups in total. The maximum Gasteiger partial charge on any atom is -0.0471 e. The highest BCUT2D eigenvalue weighted by Gasteiger charge is 1.90. The summed E-state index contributed by atoms with van der Waals surface area (Å²) in [6, 6.07) is 0. The maximum atomic E-state index is 2.29. The monoisotopic (exact) mass is 134 g/mol. The summed E-state index contributed by atoms with van der Waals surface area (Å²) in [5.41, 5.74) is 0. The van der Waals surface area contributed by atoms with E-state index in [4.69, 9.17) is 0 Å². The molecular weight excluding hydrogens is 115 g/mol. The molecule has 58 valence electrons. The van der Waals surface area contributed by atoms with Crippen LogP contribution < -0.4 is 0 Å². The van der Waals surface area contributed by atoms with Crippen LogP contribution in [0, 0.1) is 5.92 Å². The van der Waals surface area contributed by atoms with E-state index in [0.29, 0.717) is 0 Å². The van der Waals surface area contributed by atoms with Crippen molar-refractivity contribution >= 4 is 0 Å². The first kappa shape index (κ1) is 11.7. The van der Waals surface area contributed by atoms with E-state index in [9.17, 15) is 0 Å². The lowest BCUT2D eigenvalue weighted by Crippen LogP contribution is -1.85. The normalized spacial score (nSPS) is 9.33. The number of hydrogen-bond acceptors (Lipinski definition) is 0. The minimum Gasteiger partial charge on any atom is -0.269 e. The molecule has 0 bridgehead atoms. The first-order valence-electron chi connectivity index (χ1n) is 3.77. The molecule has 0 aliphatic rings. The van der Waals surface area contributed by atoms with Crippen LogP contribution in [-0.4, -0.2) is 0 Å². The molecule has 0 aromatic rings. The average Bonchev–Trinajstić information content (AvgIpc) is 1.66. The molecule has 0 saturated heterocycles. The van der Waals surface area contributed by atoms with Gasteiger partial charge in [0.15, 0.2) is 0 Å². The Morgan fingerprint density at radius 1 is 1.11 bits per heavy atom. The van der Waals surface area contributed by atoms with Gasteiger partial charge in [-0.25, -0.2) is 0 Å². The summed E-state index contributed by atoms with van der Waals surface area (Å²) in [7, 11) is 0. The van der Waals surface area contributed by atoms with Gasteiger partial charge in [0.2, 0.25) is 0 Å². The lowest BCUT2D eigenvalue weighted by Gasteiger charge is -2.00. The zero-order valence-corrected chi connectivity index (χ0v) is 6.81. The number of hydrogen-bond donors (Lipinski definition) is 0. The third-order valence-corrected chi connectivity index (χ3v) is 1.39. The summed E-state index contributed by atoms with van der Waals surface area (Å²) in [6.07, 6.45) is 5.60. The van der Waals surface area contributed by atoms with Crippen LogP contribution in [0.2, 0.25) is 0 Å². The summed E-state index contributed by atoms with van der Waals surface area (Å²) >= 11 is 0. The number of rotatable bonds is 4. The smallest absolute Gasteiger partial charge is 0.0471 e. The van der Waals surface area contributed by atoms with Crippen LogP contribution in [0.15, 0.2) is 0 Å². The van der Waals surface area contributed by atoms with Gasteiger partial charge in [-0.15, -0.1) is 0 Å². The molecule has 0 aliphatic heterocycles. The molecule has 0 rings (SSSR count). The van der Waals surface area contributed by atoms with Crippen molar-refractivity contribution < 1.29 is 4.70 Å². The third kappa shape index (κ3) is 11.5. The van der Waals surface area contributed by atoms with Gasteiger partial charge in [0, 0.05) is 0 Å². The van der Waals surface area contributed by atoms with E-state index in [1.165, 1.54) is 25.7 Å². The van der Waals surface area contributed by atoms with Crippen LogP contribution in [0.5, 0.6) is 0 Å². The average molecular weight is 134 g/mol. The van der Waals surface area contributed by atoms with Crippen LogP contribution in [-0.2, 0) is 0 Å². The first-order valence-corrected chi connectivity index (χ1v) is 3.77. The van der Waals surface area contributed by atoms with Crippen LogP contribution >= 0.6 is 0 Å². The predicted molar refractivity (Wildman–Crippen MR) is 41.5 cm³/mol. The summed E-state index contributed by atoms with van der Waals surface area (Å²) in [5.74, 6) is 0.904. The van der Waals surface area contributed by atoms with Crippen molar-refractivity contribution in [3.8, 4) is 0 Å². The Kier molecular flexibility index (Phi) is 10.3. The molecule has 0 radical (unpaired) electrons. The van der Waals surface area contributed by atoms with Crippen LogP contribution in [0.25, 0.3) is 0 Å². The number of unbranched alkanes of at least 4 members (excludes halogenated alkanes) is 2. The Balaban J connectivity index is 0. The minimum absolute atomic E-state index is 0. The van der Waals surface area contributed by atoms with E-state index in [-0.39, 0.29) is 4.70 Å². The lowest BCUT2D eigenvalue weighted by molar-refractivity contribution is 0.534. The quantitative estimate of drug-likeness (QED) is 0.517. The van der Waals surface area contributed by atoms with Crippen molar-refractivity contribution in [1.29, 1.82) is 0 Å². The molecule has 0 heterocycles. The Morgan fingerprint density at radius 2 is 1.67 bits per heavy atom. The molecule has 0 unspecified atom stereocenters. The highest BCUT2D eigenvalue weighted by Crippen LogP contribution is 2.06. The Morgan fingerprint density at radius 3 is 2.00 bits per heavy atom. The molecule has 1 heteroatoms. The molecule has 0 saturated carbocycles. The van der Waals surface area contributed by atoms with E-state index < -0.39 is 0 Å². The second kappa shape index (κ2) is 7.93. The van der Waals surface area contributed by atoms with E-state index in [1.54, 1.807) is 0 Å². The molecular formula is C8H19F. The van der Waals surface area contributed by atoms with Crippen LogP contribution in [0.1, 0.15) is 46.5 Å². The molecule has 9 heavy (non-hydrogen) atoms. The van der Waals surface area contributed by atoms with Gasteiger partial charge < -0.3 is 0 Å². The highest BCUT2D eigenvalue weighted by atomic mass is 19.0. The fourth-order valence-corrected chi connectivity index (χ4v) is 0.803. The first-order chi connectivity index (χ1) is 3.77. The summed E-state index contributed by atoms with van der Waals surface area (Å²) < 4.78 is 0. The lowest BCUT2D eigenvalue weighted by atomic mass is 10.1. The largest absolute Gasteiger partial charge is 0.269 e. The van der Waals surface area contributed by atoms with Gasteiger partial charge in [0.1, 0.15) is 0 Å². The molecule has 0 fully saturated rings. The van der Waals surface area contributed by atoms with Gasteiger partial charge in [-0.05, 0) is 5.92 Å². The highest BCUT2D eigenvalue weighted by molar-refractivity contribution is 4.44. The minimum atomic E-state index is 0. The Hall–Kier alpha value is -0.0700. The molecule has 0 spiro atoms. The maximum absolute atomic E-state index is 2.29. The van der Waals surface area contributed by atoms with E-state index in [2.05, 4.69) is 20.8 Å². The van der Waals surface area contributed by atoms with Crippen molar-refractivity contribution in [3.63, 3.8) is 0 Å². The Bertz CT molecular complexity index is 41.8. The fraction of sp³-hybridized carbons (Fsp3) is 1.00. The molecule has 0 aliphatic carbocycles. The van der Waals surface area contributed by atoms with Gasteiger partial charge >= 0.3 is 0 Å². The summed E-state index contributed by atoms with van der Waals surface area (Å²) in [6.45, 7) is 6.83. The van der Waals surface area contributed by atoms with Gasteiger partial charge in [-0.1, -0.05) is 46.5 Å².